The van der Waals surface area contributed by atoms with E-state index < -0.39 is 0 Å². The third kappa shape index (κ3) is 1.44. The van der Waals surface area contributed by atoms with E-state index in [2.05, 4.69) is 88.4 Å². The fourth-order valence-corrected chi connectivity index (χ4v) is 3.40. The van der Waals surface area contributed by atoms with E-state index in [0.717, 1.165) is 0 Å². The summed E-state index contributed by atoms with van der Waals surface area (Å²) in [5, 5.41) is 2.52. The molecule has 0 fully saturated rings. The summed E-state index contributed by atoms with van der Waals surface area (Å²) in [6, 6.07) is 27.6. The number of aromatic amines is 1. The van der Waals surface area contributed by atoms with Gasteiger partial charge in [-0.05, 0) is 24.3 Å². The summed E-state index contributed by atoms with van der Waals surface area (Å²) >= 11 is 0. The zero-order chi connectivity index (χ0) is 14.5. The molecule has 104 valence electrons. The summed E-state index contributed by atoms with van der Waals surface area (Å²) in [5.41, 5.74) is 6.07. The molecule has 0 bridgehead atoms. The van der Waals surface area contributed by atoms with Crippen molar-refractivity contribution in [3.8, 4) is 5.69 Å². The molecule has 2 nitrogen and oxygen atoms in total. The predicted octanol–water partition coefficient (Wildman–Crippen LogP) is 5.27. The maximum Gasteiger partial charge on any atom is 0.0797 e. The molecule has 0 aliphatic heterocycles. The van der Waals surface area contributed by atoms with Crippen molar-refractivity contribution in [2.24, 2.45) is 0 Å². The number of para-hydroxylation sites is 3. The van der Waals surface area contributed by atoms with Crippen molar-refractivity contribution in [1.29, 1.82) is 0 Å². The minimum atomic E-state index is 1.18. The number of rotatable bonds is 1. The molecule has 0 atom stereocenters. The van der Waals surface area contributed by atoms with Crippen LogP contribution in [0.2, 0.25) is 0 Å². The van der Waals surface area contributed by atoms with E-state index in [1.54, 1.807) is 0 Å². The highest BCUT2D eigenvalue weighted by Crippen LogP contribution is 2.36. The van der Waals surface area contributed by atoms with Crippen molar-refractivity contribution >= 4 is 32.8 Å². The largest absolute Gasteiger partial charge is 0.353 e. The van der Waals surface area contributed by atoms with Crippen LogP contribution >= 0.6 is 0 Å². The van der Waals surface area contributed by atoms with Gasteiger partial charge < -0.3 is 9.55 Å². The molecule has 2 aromatic heterocycles. The Labute approximate surface area is 127 Å². The van der Waals surface area contributed by atoms with Gasteiger partial charge in [0.1, 0.15) is 0 Å². The number of benzene rings is 3. The van der Waals surface area contributed by atoms with E-state index >= 15 is 0 Å². The number of fused-ring (bicyclic) bond motifs is 5. The van der Waals surface area contributed by atoms with Gasteiger partial charge in [-0.15, -0.1) is 0 Å². The molecule has 1 N–H and O–H groups in total. The van der Waals surface area contributed by atoms with Crippen molar-refractivity contribution in [3.63, 3.8) is 0 Å². The Morgan fingerprint density at radius 3 is 2.18 bits per heavy atom. The minimum Gasteiger partial charge on any atom is -0.353 e. The van der Waals surface area contributed by atoms with E-state index in [1.165, 1.54) is 38.5 Å². The Morgan fingerprint density at radius 1 is 0.636 bits per heavy atom. The van der Waals surface area contributed by atoms with Crippen LogP contribution in [0.15, 0.2) is 78.9 Å². The summed E-state index contributed by atoms with van der Waals surface area (Å²) in [6.45, 7) is 0. The smallest absolute Gasteiger partial charge is 0.0797 e. The lowest BCUT2D eigenvalue weighted by molar-refractivity contribution is 1.19. The molecular formula is C20H14N2. The zero-order valence-electron chi connectivity index (χ0n) is 12.0. The van der Waals surface area contributed by atoms with Crippen molar-refractivity contribution < 1.29 is 0 Å². The lowest BCUT2D eigenvalue weighted by Gasteiger charge is -2.07. The van der Waals surface area contributed by atoms with Gasteiger partial charge in [-0.1, -0.05) is 54.6 Å². The average molecular weight is 282 g/mol. The van der Waals surface area contributed by atoms with Crippen molar-refractivity contribution in [1.82, 2.24) is 9.55 Å². The molecule has 0 aliphatic rings. The first kappa shape index (κ1) is 11.6. The molecule has 0 aliphatic carbocycles. The van der Waals surface area contributed by atoms with Crippen LogP contribution < -0.4 is 0 Å². The number of hydrogen-bond acceptors (Lipinski definition) is 0. The third-order valence-electron chi connectivity index (χ3n) is 4.33. The number of hydrogen-bond donors (Lipinski definition) is 1. The van der Waals surface area contributed by atoms with Gasteiger partial charge in [0, 0.05) is 22.0 Å². The second-order valence-electron chi connectivity index (χ2n) is 5.58. The molecule has 0 radical (unpaired) electrons. The summed E-state index contributed by atoms with van der Waals surface area (Å²) in [6.07, 6.45) is 0. The van der Waals surface area contributed by atoms with Gasteiger partial charge in [-0.3, -0.25) is 0 Å². The maximum atomic E-state index is 3.59. The van der Waals surface area contributed by atoms with Crippen LogP contribution in [0, 0.1) is 0 Å². The maximum absolute atomic E-state index is 3.59. The summed E-state index contributed by atoms with van der Waals surface area (Å²) in [7, 11) is 0. The van der Waals surface area contributed by atoms with Crippen molar-refractivity contribution in [3.05, 3.63) is 78.9 Å². The van der Waals surface area contributed by atoms with E-state index in [4.69, 9.17) is 0 Å². The number of nitrogens with zero attached hydrogens (tertiary/aromatic N) is 1. The number of nitrogens with one attached hydrogen (secondary N) is 1. The number of aromatic nitrogens is 2. The van der Waals surface area contributed by atoms with Gasteiger partial charge in [0.2, 0.25) is 0 Å². The molecule has 0 amide bonds. The van der Waals surface area contributed by atoms with Gasteiger partial charge in [0.15, 0.2) is 0 Å². The van der Waals surface area contributed by atoms with Crippen LogP contribution in [0.4, 0.5) is 0 Å². The molecule has 0 saturated heterocycles. The second-order valence-corrected chi connectivity index (χ2v) is 5.58. The summed E-state index contributed by atoms with van der Waals surface area (Å²) in [4.78, 5) is 3.59. The first-order valence-corrected chi connectivity index (χ1v) is 7.49. The minimum absolute atomic E-state index is 1.18. The Balaban J connectivity index is 2.08. The fraction of sp³-hybridized carbons (Fsp3) is 0. The van der Waals surface area contributed by atoms with Crippen molar-refractivity contribution in [2.75, 3.05) is 0 Å². The predicted molar refractivity (Wildman–Crippen MR) is 92.6 cm³/mol. The van der Waals surface area contributed by atoms with Gasteiger partial charge in [-0.25, -0.2) is 0 Å². The van der Waals surface area contributed by atoms with Crippen LogP contribution in [0.25, 0.3) is 38.5 Å². The first-order valence-electron chi connectivity index (χ1n) is 7.49. The van der Waals surface area contributed by atoms with Crippen LogP contribution in [-0.4, -0.2) is 9.55 Å². The number of H-pyrrole nitrogens is 1. The molecule has 3 aromatic carbocycles. The molecule has 0 saturated carbocycles. The molecule has 5 rings (SSSR count). The Kier molecular flexibility index (Phi) is 2.25. The Hall–Kier alpha value is -3.00. The quantitative estimate of drug-likeness (QED) is 0.432. The fourth-order valence-electron chi connectivity index (χ4n) is 3.40. The average Bonchev–Trinajstić information content (AvgIpc) is 3.10. The van der Waals surface area contributed by atoms with E-state index in [9.17, 15) is 0 Å². The van der Waals surface area contributed by atoms with E-state index in [1.807, 2.05) is 0 Å². The zero-order valence-corrected chi connectivity index (χ0v) is 12.0. The SMILES string of the molecule is c1ccc(-n2c3ccccc3c3[nH]c4ccccc4c32)cc1. The molecule has 0 unspecified atom stereocenters. The summed E-state index contributed by atoms with van der Waals surface area (Å²) < 4.78 is 2.35. The standard InChI is InChI=1S/C20H14N2/c1-2-8-14(9-3-1)22-18-13-7-5-11-16(18)19-20(22)15-10-4-6-12-17(15)21-19/h1-13,21H. The highest BCUT2D eigenvalue weighted by molar-refractivity contribution is 6.18. The van der Waals surface area contributed by atoms with Crippen LogP contribution in [0.3, 0.4) is 0 Å². The molecule has 2 heteroatoms. The van der Waals surface area contributed by atoms with Crippen LogP contribution in [0.5, 0.6) is 0 Å². The lowest BCUT2D eigenvalue weighted by atomic mass is 10.2. The molecule has 0 spiro atoms. The van der Waals surface area contributed by atoms with Crippen LogP contribution in [0.1, 0.15) is 0 Å². The molecule has 5 aromatic rings. The van der Waals surface area contributed by atoms with Gasteiger partial charge in [-0.2, -0.15) is 0 Å². The summed E-state index contributed by atoms with van der Waals surface area (Å²) in [5.74, 6) is 0. The normalized spacial score (nSPS) is 11.6. The van der Waals surface area contributed by atoms with E-state index in [0.29, 0.717) is 0 Å². The second kappa shape index (κ2) is 4.25. The molecular weight excluding hydrogens is 268 g/mol. The lowest BCUT2D eigenvalue weighted by Crippen LogP contribution is -1.92. The van der Waals surface area contributed by atoms with Crippen LogP contribution in [-0.2, 0) is 0 Å². The highest BCUT2D eigenvalue weighted by Gasteiger charge is 2.16. The first-order chi connectivity index (χ1) is 10.9. The van der Waals surface area contributed by atoms with Gasteiger partial charge >= 0.3 is 0 Å². The van der Waals surface area contributed by atoms with Gasteiger partial charge in [0.25, 0.3) is 0 Å². The third-order valence-corrected chi connectivity index (χ3v) is 4.33. The van der Waals surface area contributed by atoms with Crippen molar-refractivity contribution in [2.45, 2.75) is 0 Å². The molecule has 2 heterocycles. The molecule has 22 heavy (non-hydrogen) atoms. The van der Waals surface area contributed by atoms with Gasteiger partial charge in [0.05, 0.1) is 16.6 Å². The Bertz CT molecular complexity index is 1110. The Morgan fingerprint density at radius 2 is 1.32 bits per heavy atom. The van der Waals surface area contributed by atoms with E-state index in [-0.39, 0.29) is 0 Å². The highest BCUT2D eigenvalue weighted by atomic mass is 15.0. The monoisotopic (exact) mass is 282 g/mol. The topological polar surface area (TPSA) is 20.7 Å².